The lowest BCUT2D eigenvalue weighted by Crippen LogP contribution is -2.14. The van der Waals surface area contributed by atoms with Gasteiger partial charge >= 0.3 is 0 Å². The molecule has 0 amide bonds. The van der Waals surface area contributed by atoms with Gasteiger partial charge in [0, 0.05) is 18.8 Å². The molecule has 0 fully saturated rings. The number of ether oxygens (including phenoxy) is 1. The van der Waals surface area contributed by atoms with Crippen LogP contribution in [0.25, 0.3) is 0 Å². The van der Waals surface area contributed by atoms with Gasteiger partial charge in [0.25, 0.3) is 0 Å². The molecule has 0 aliphatic heterocycles. The van der Waals surface area contributed by atoms with Crippen molar-refractivity contribution in [2.45, 2.75) is 46.6 Å². The lowest BCUT2D eigenvalue weighted by atomic mass is 10.1. The Labute approximate surface area is 111 Å². The second-order valence-electron chi connectivity index (χ2n) is 5.04. The minimum absolute atomic E-state index is 0.750. The summed E-state index contributed by atoms with van der Waals surface area (Å²) in [7, 11) is 0. The first kappa shape index (κ1) is 15.0. The van der Waals surface area contributed by atoms with Crippen LogP contribution in [0.15, 0.2) is 18.3 Å². The van der Waals surface area contributed by atoms with Crippen LogP contribution in [-0.4, -0.2) is 18.1 Å². The number of nitrogens with zero attached hydrogens (tertiary/aromatic N) is 1. The highest BCUT2D eigenvalue weighted by Crippen LogP contribution is 2.12. The molecule has 0 bridgehead atoms. The molecule has 1 aromatic rings. The Morgan fingerprint density at radius 2 is 2.22 bits per heavy atom. The van der Waals surface area contributed by atoms with Crippen molar-refractivity contribution in [2.24, 2.45) is 5.92 Å². The molecule has 0 radical (unpaired) electrons. The second kappa shape index (κ2) is 8.92. The molecule has 1 rings (SSSR count). The minimum Gasteiger partial charge on any atom is -0.493 e. The fraction of sp³-hybridized carbons (Fsp3) is 0.667. The van der Waals surface area contributed by atoms with Crippen LogP contribution < -0.4 is 10.1 Å². The van der Waals surface area contributed by atoms with Crippen LogP contribution in [0.2, 0.25) is 0 Å². The molecule has 0 unspecified atom stereocenters. The maximum absolute atomic E-state index is 5.74. The summed E-state index contributed by atoms with van der Waals surface area (Å²) in [5, 5.41) is 3.34. The van der Waals surface area contributed by atoms with Crippen molar-refractivity contribution in [3.05, 3.63) is 24.0 Å². The summed E-state index contributed by atoms with van der Waals surface area (Å²) in [4.78, 5) is 4.33. The predicted molar refractivity (Wildman–Crippen MR) is 75.8 cm³/mol. The van der Waals surface area contributed by atoms with Crippen LogP contribution in [0.3, 0.4) is 0 Å². The zero-order chi connectivity index (χ0) is 13.2. The number of hydrogen-bond donors (Lipinski definition) is 1. The number of rotatable bonds is 9. The van der Waals surface area contributed by atoms with E-state index in [1.807, 2.05) is 18.3 Å². The SMILES string of the molecule is CCCNCc1cc(OCCCC(C)C)ccn1. The Hall–Kier alpha value is -1.09. The van der Waals surface area contributed by atoms with Crippen LogP contribution in [0.1, 0.15) is 45.7 Å². The number of aromatic nitrogens is 1. The highest BCUT2D eigenvalue weighted by Gasteiger charge is 1.99. The smallest absolute Gasteiger partial charge is 0.122 e. The molecule has 0 atom stereocenters. The quantitative estimate of drug-likeness (QED) is 0.682. The highest BCUT2D eigenvalue weighted by atomic mass is 16.5. The molecule has 3 nitrogen and oxygen atoms in total. The normalized spacial score (nSPS) is 10.9. The van der Waals surface area contributed by atoms with Gasteiger partial charge in [0.05, 0.1) is 12.3 Å². The summed E-state index contributed by atoms with van der Waals surface area (Å²) in [6.07, 6.45) is 5.30. The molecule has 0 spiro atoms. The van der Waals surface area contributed by atoms with Crippen molar-refractivity contribution in [2.75, 3.05) is 13.2 Å². The summed E-state index contributed by atoms with van der Waals surface area (Å²) in [5.41, 5.74) is 1.05. The molecule has 0 saturated carbocycles. The van der Waals surface area contributed by atoms with E-state index in [-0.39, 0.29) is 0 Å². The number of nitrogens with one attached hydrogen (secondary N) is 1. The Kier molecular flexibility index (Phi) is 7.42. The maximum atomic E-state index is 5.74. The maximum Gasteiger partial charge on any atom is 0.122 e. The first-order valence-electron chi connectivity index (χ1n) is 7.00. The van der Waals surface area contributed by atoms with Crippen molar-refractivity contribution in [3.8, 4) is 5.75 Å². The van der Waals surface area contributed by atoms with Crippen LogP contribution in [-0.2, 0) is 6.54 Å². The predicted octanol–water partition coefficient (Wildman–Crippen LogP) is 3.40. The Morgan fingerprint density at radius 3 is 2.94 bits per heavy atom. The van der Waals surface area contributed by atoms with Gasteiger partial charge in [-0.15, -0.1) is 0 Å². The molecular formula is C15H26N2O. The lowest BCUT2D eigenvalue weighted by Gasteiger charge is -2.09. The zero-order valence-corrected chi connectivity index (χ0v) is 11.9. The van der Waals surface area contributed by atoms with Gasteiger partial charge in [-0.1, -0.05) is 20.8 Å². The average molecular weight is 250 g/mol. The van der Waals surface area contributed by atoms with Crippen molar-refractivity contribution in [1.29, 1.82) is 0 Å². The van der Waals surface area contributed by atoms with E-state index in [1.165, 1.54) is 6.42 Å². The molecule has 1 N–H and O–H groups in total. The van der Waals surface area contributed by atoms with Crippen molar-refractivity contribution in [3.63, 3.8) is 0 Å². The second-order valence-corrected chi connectivity index (χ2v) is 5.04. The van der Waals surface area contributed by atoms with E-state index in [2.05, 4.69) is 31.1 Å². The Morgan fingerprint density at radius 1 is 1.39 bits per heavy atom. The van der Waals surface area contributed by atoms with Gasteiger partial charge in [-0.25, -0.2) is 0 Å². The first-order valence-corrected chi connectivity index (χ1v) is 7.00. The van der Waals surface area contributed by atoms with E-state index in [0.717, 1.165) is 49.9 Å². The molecule has 1 aromatic heterocycles. The lowest BCUT2D eigenvalue weighted by molar-refractivity contribution is 0.297. The molecule has 3 heteroatoms. The topological polar surface area (TPSA) is 34.1 Å². The summed E-state index contributed by atoms with van der Waals surface area (Å²) >= 11 is 0. The van der Waals surface area contributed by atoms with Crippen molar-refractivity contribution in [1.82, 2.24) is 10.3 Å². The van der Waals surface area contributed by atoms with E-state index in [1.54, 1.807) is 0 Å². The summed E-state index contributed by atoms with van der Waals surface area (Å²) < 4.78 is 5.74. The molecule has 0 aliphatic carbocycles. The highest BCUT2D eigenvalue weighted by molar-refractivity contribution is 5.22. The summed E-state index contributed by atoms with van der Waals surface area (Å²) in [6.45, 7) is 9.28. The van der Waals surface area contributed by atoms with Gasteiger partial charge in [0.15, 0.2) is 0 Å². The zero-order valence-electron chi connectivity index (χ0n) is 11.9. The van der Waals surface area contributed by atoms with Gasteiger partial charge in [0.2, 0.25) is 0 Å². The van der Waals surface area contributed by atoms with Crippen LogP contribution in [0.5, 0.6) is 5.75 Å². The molecular weight excluding hydrogens is 224 g/mol. The summed E-state index contributed by atoms with van der Waals surface area (Å²) in [5.74, 6) is 1.68. The van der Waals surface area contributed by atoms with Gasteiger partial charge in [-0.05, 0) is 37.8 Å². The van der Waals surface area contributed by atoms with Gasteiger partial charge in [-0.3, -0.25) is 4.98 Å². The first-order chi connectivity index (χ1) is 8.72. The fourth-order valence-electron chi connectivity index (χ4n) is 1.72. The van der Waals surface area contributed by atoms with Crippen LogP contribution >= 0.6 is 0 Å². The van der Waals surface area contributed by atoms with E-state index in [4.69, 9.17) is 4.74 Å². The van der Waals surface area contributed by atoms with Crippen molar-refractivity contribution < 1.29 is 4.74 Å². The number of pyridine rings is 1. The monoisotopic (exact) mass is 250 g/mol. The minimum atomic E-state index is 0.750. The van der Waals surface area contributed by atoms with Gasteiger partial charge in [-0.2, -0.15) is 0 Å². The summed E-state index contributed by atoms with van der Waals surface area (Å²) in [6, 6.07) is 3.96. The Balaban J connectivity index is 2.30. The Bertz CT molecular complexity index is 326. The van der Waals surface area contributed by atoms with Crippen molar-refractivity contribution >= 4 is 0 Å². The van der Waals surface area contributed by atoms with E-state index >= 15 is 0 Å². The third-order valence-electron chi connectivity index (χ3n) is 2.72. The molecule has 102 valence electrons. The fourth-order valence-corrected chi connectivity index (χ4v) is 1.72. The van der Waals surface area contributed by atoms with E-state index in [9.17, 15) is 0 Å². The van der Waals surface area contributed by atoms with Crippen LogP contribution in [0, 0.1) is 5.92 Å². The van der Waals surface area contributed by atoms with Gasteiger partial charge in [0.1, 0.15) is 5.75 Å². The molecule has 0 aromatic carbocycles. The molecule has 0 aliphatic rings. The van der Waals surface area contributed by atoms with Gasteiger partial charge < -0.3 is 10.1 Å². The third kappa shape index (κ3) is 6.60. The van der Waals surface area contributed by atoms with E-state index < -0.39 is 0 Å². The standard InChI is InChI=1S/C15H26N2O/c1-4-8-16-12-14-11-15(7-9-17-14)18-10-5-6-13(2)3/h7,9,11,13,16H,4-6,8,10,12H2,1-3H3. The number of hydrogen-bond acceptors (Lipinski definition) is 3. The van der Waals surface area contributed by atoms with Crippen LogP contribution in [0.4, 0.5) is 0 Å². The average Bonchev–Trinajstić information content (AvgIpc) is 2.35. The molecule has 0 saturated heterocycles. The van der Waals surface area contributed by atoms with E-state index in [0.29, 0.717) is 0 Å². The molecule has 18 heavy (non-hydrogen) atoms. The third-order valence-corrected chi connectivity index (χ3v) is 2.72. The largest absolute Gasteiger partial charge is 0.493 e. The molecule has 1 heterocycles.